The number of para-hydroxylation sites is 1. The molecule has 1 aliphatic heterocycles. The first-order valence-electron chi connectivity index (χ1n) is 7.56. The summed E-state index contributed by atoms with van der Waals surface area (Å²) in [6, 6.07) is 10.3. The third-order valence-electron chi connectivity index (χ3n) is 4.44. The number of aliphatic hydroxyl groups excluding tert-OH is 1. The Morgan fingerprint density at radius 3 is 2.70 bits per heavy atom. The van der Waals surface area contributed by atoms with Crippen LogP contribution < -0.4 is 4.90 Å². The topological polar surface area (TPSA) is 36.4 Å². The predicted octanol–water partition coefficient (Wildman–Crippen LogP) is 3.35. The van der Waals surface area contributed by atoms with E-state index in [1.54, 1.807) is 0 Å². The van der Waals surface area contributed by atoms with Gasteiger partial charge in [-0.15, -0.1) is 0 Å². The van der Waals surface area contributed by atoms with E-state index in [9.17, 15) is 5.11 Å². The van der Waals surface area contributed by atoms with Crippen LogP contribution in [0.4, 0.5) is 5.69 Å². The molecule has 0 unspecified atom stereocenters. The minimum Gasteiger partial charge on any atom is -0.390 e. The van der Waals surface area contributed by atoms with Gasteiger partial charge in [0.15, 0.2) is 0 Å². The van der Waals surface area contributed by atoms with E-state index in [1.165, 1.54) is 30.3 Å². The van der Waals surface area contributed by atoms with Gasteiger partial charge < -0.3 is 10.0 Å². The molecular formula is C17H22N2O. The van der Waals surface area contributed by atoms with Gasteiger partial charge in [0.2, 0.25) is 0 Å². The second kappa shape index (κ2) is 5.80. The van der Waals surface area contributed by atoms with E-state index >= 15 is 0 Å². The van der Waals surface area contributed by atoms with Crippen molar-refractivity contribution in [3.63, 3.8) is 0 Å². The van der Waals surface area contributed by atoms with Crippen molar-refractivity contribution in [1.82, 2.24) is 4.98 Å². The zero-order chi connectivity index (χ0) is 13.9. The van der Waals surface area contributed by atoms with Gasteiger partial charge in [-0.05, 0) is 30.9 Å². The highest BCUT2D eigenvalue weighted by molar-refractivity contribution is 5.92. The lowest BCUT2D eigenvalue weighted by molar-refractivity contribution is 0.277. The molecule has 106 valence electrons. The van der Waals surface area contributed by atoms with E-state index in [2.05, 4.69) is 35.0 Å². The average Bonchev–Trinajstić information content (AvgIpc) is 2.54. The molecule has 0 amide bonds. The molecule has 3 heteroatoms. The molecular weight excluding hydrogens is 248 g/mol. The number of aliphatic hydroxyl groups is 1. The van der Waals surface area contributed by atoms with Crippen molar-refractivity contribution in [2.45, 2.75) is 32.8 Å². The molecule has 20 heavy (non-hydrogen) atoms. The van der Waals surface area contributed by atoms with Gasteiger partial charge in [-0.3, -0.25) is 4.98 Å². The highest BCUT2D eigenvalue weighted by Crippen LogP contribution is 2.31. The molecule has 0 radical (unpaired) electrons. The maximum atomic E-state index is 9.42. The Bertz CT molecular complexity index is 589. The van der Waals surface area contributed by atoms with Crippen molar-refractivity contribution in [1.29, 1.82) is 0 Å². The second-order valence-electron chi connectivity index (χ2n) is 5.65. The molecule has 1 fully saturated rings. The number of pyridine rings is 1. The SMILES string of the molecule is CCC1CCN(c2cc(CO)nc3ccccc23)CC1. The van der Waals surface area contributed by atoms with Crippen LogP contribution in [0.5, 0.6) is 0 Å². The van der Waals surface area contributed by atoms with E-state index in [1.807, 2.05) is 12.1 Å². The van der Waals surface area contributed by atoms with Crippen LogP contribution in [0, 0.1) is 5.92 Å². The van der Waals surface area contributed by atoms with E-state index in [-0.39, 0.29) is 6.61 Å². The summed E-state index contributed by atoms with van der Waals surface area (Å²) in [6.07, 6.45) is 3.82. The first-order chi connectivity index (χ1) is 9.81. The molecule has 1 aromatic carbocycles. The van der Waals surface area contributed by atoms with Crippen LogP contribution in [0.15, 0.2) is 30.3 Å². The number of anilines is 1. The molecule has 0 bridgehead atoms. The normalized spacial score (nSPS) is 16.8. The van der Waals surface area contributed by atoms with Crippen LogP contribution in [0.1, 0.15) is 31.9 Å². The summed E-state index contributed by atoms with van der Waals surface area (Å²) in [5.74, 6) is 0.872. The van der Waals surface area contributed by atoms with Gasteiger partial charge in [0.1, 0.15) is 0 Å². The van der Waals surface area contributed by atoms with E-state index in [0.29, 0.717) is 0 Å². The number of aromatic nitrogens is 1. The Kier molecular flexibility index (Phi) is 3.88. The molecule has 3 rings (SSSR count). The molecule has 2 aromatic rings. The molecule has 0 atom stereocenters. The molecule has 0 saturated carbocycles. The monoisotopic (exact) mass is 270 g/mol. The molecule has 2 heterocycles. The standard InChI is InChI=1S/C17H22N2O/c1-2-13-7-9-19(10-8-13)17-11-14(12-20)18-16-6-4-3-5-15(16)17/h3-6,11,13,20H,2,7-10,12H2,1H3. The Hall–Kier alpha value is -1.61. The Labute approximate surface area is 120 Å². The summed E-state index contributed by atoms with van der Waals surface area (Å²) in [5.41, 5.74) is 2.97. The lowest BCUT2D eigenvalue weighted by atomic mass is 9.94. The fourth-order valence-electron chi connectivity index (χ4n) is 3.14. The van der Waals surface area contributed by atoms with Gasteiger partial charge in [-0.2, -0.15) is 0 Å². The Morgan fingerprint density at radius 1 is 1.25 bits per heavy atom. The van der Waals surface area contributed by atoms with Crippen LogP contribution in [0.2, 0.25) is 0 Å². The number of hydrogen-bond donors (Lipinski definition) is 1. The molecule has 1 aromatic heterocycles. The van der Waals surface area contributed by atoms with Crippen molar-refractivity contribution in [3.8, 4) is 0 Å². The van der Waals surface area contributed by atoms with Crippen molar-refractivity contribution < 1.29 is 5.11 Å². The predicted molar refractivity (Wildman–Crippen MR) is 82.9 cm³/mol. The number of hydrogen-bond acceptors (Lipinski definition) is 3. The summed E-state index contributed by atoms with van der Waals surface area (Å²) in [6.45, 7) is 4.50. The van der Waals surface area contributed by atoms with Crippen molar-refractivity contribution in [2.24, 2.45) is 5.92 Å². The summed E-state index contributed by atoms with van der Waals surface area (Å²) in [4.78, 5) is 6.96. The number of benzene rings is 1. The minimum atomic E-state index is 0.00323. The molecule has 1 saturated heterocycles. The first kappa shape index (κ1) is 13.4. The minimum absolute atomic E-state index is 0.00323. The van der Waals surface area contributed by atoms with Gasteiger partial charge >= 0.3 is 0 Å². The van der Waals surface area contributed by atoms with Crippen LogP contribution >= 0.6 is 0 Å². The summed E-state index contributed by atoms with van der Waals surface area (Å²) < 4.78 is 0. The molecule has 0 aliphatic carbocycles. The fraction of sp³-hybridized carbons (Fsp3) is 0.471. The lowest BCUT2D eigenvalue weighted by Crippen LogP contribution is -2.33. The summed E-state index contributed by atoms with van der Waals surface area (Å²) in [7, 11) is 0. The fourth-order valence-corrected chi connectivity index (χ4v) is 3.14. The van der Waals surface area contributed by atoms with Gasteiger partial charge in [0.05, 0.1) is 17.8 Å². The zero-order valence-electron chi connectivity index (χ0n) is 12.0. The van der Waals surface area contributed by atoms with Crippen molar-refractivity contribution in [2.75, 3.05) is 18.0 Å². The lowest BCUT2D eigenvalue weighted by Gasteiger charge is -2.34. The maximum absolute atomic E-state index is 9.42. The smallest absolute Gasteiger partial charge is 0.0854 e. The maximum Gasteiger partial charge on any atom is 0.0854 e. The molecule has 3 nitrogen and oxygen atoms in total. The Balaban J connectivity index is 1.98. The van der Waals surface area contributed by atoms with Crippen LogP contribution in [0.25, 0.3) is 10.9 Å². The van der Waals surface area contributed by atoms with Gasteiger partial charge in [-0.1, -0.05) is 31.5 Å². The molecule has 1 aliphatic rings. The number of fused-ring (bicyclic) bond motifs is 1. The summed E-state index contributed by atoms with van der Waals surface area (Å²) >= 11 is 0. The van der Waals surface area contributed by atoms with Crippen LogP contribution in [0.3, 0.4) is 0 Å². The van der Waals surface area contributed by atoms with Crippen molar-refractivity contribution >= 4 is 16.6 Å². The highest BCUT2D eigenvalue weighted by Gasteiger charge is 2.20. The number of nitrogens with zero attached hydrogens (tertiary/aromatic N) is 2. The molecule has 0 spiro atoms. The third-order valence-corrected chi connectivity index (χ3v) is 4.44. The van der Waals surface area contributed by atoms with Crippen LogP contribution in [-0.2, 0) is 6.61 Å². The van der Waals surface area contributed by atoms with Gasteiger partial charge in [0, 0.05) is 24.2 Å². The van der Waals surface area contributed by atoms with Crippen molar-refractivity contribution in [3.05, 3.63) is 36.0 Å². The number of rotatable bonds is 3. The summed E-state index contributed by atoms with van der Waals surface area (Å²) in [5, 5.41) is 10.6. The van der Waals surface area contributed by atoms with Gasteiger partial charge in [0.25, 0.3) is 0 Å². The first-order valence-corrected chi connectivity index (χ1v) is 7.56. The quantitative estimate of drug-likeness (QED) is 0.929. The van der Waals surface area contributed by atoms with E-state index in [0.717, 1.165) is 30.2 Å². The number of piperidine rings is 1. The second-order valence-corrected chi connectivity index (χ2v) is 5.65. The van der Waals surface area contributed by atoms with E-state index < -0.39 is 0 Å². The molecule has 1 N–H and O–H groups in total. The largest absolute Gasteiger partial charge is 0.390 e. The average molecular weight is 270 g/mol. The van der Waals surface area contributed by atoms with E-state index in [4.69, 9.17) is 0 Å². The van der Waals surface area contributed by atoms with Gasteiger partial charge in [-0.25, -0.2) is 0 Å². The third kappa shape index (κ3) is 2.50. The Morgan fingerprint density at radius 2 is 2.00 bits per heavy atom. The van der Waals surface area contributed by atoms with Crippen LogP contribution in [-0.4, -0.2) is 23.2 Å². The zero-order valence-corrected chi connectivity index (χ0v) is 12.0. The highest BCUT2D eigenvalue weighted by atomic mass is 16.3.